The molecular formula is C26H20O4. The molecule has 0 atom stereocenters. The van der Waals surface area contributed by atoms with Gasteiger partial charge in [-0.3, -0.25) is 4.79 Å². The Morgan fingerprint density at radius 2 is 1.10 bits per heavy atom. The normalized spacial score (nSPS) is 10.3. The Balaban J connectivity index is 1.86. The second-order valence-corrected chi connectivity index (χ2v) is 6.50. The molecule has 0 heterocycles. The SMILES string of the molecule is COc1ccc(C(=O)c2ccccc2)c(Oc2ccccc2)c1Oc1ccccc1. The highest BCUT2D eigenvalue weighted by Crippen LogP contribution is 2.45. The summed E-state index contributed by atoms with van der Waals surface area (Å²) in [6.45, 7) is 0. The average Bonchev–Trinajstić information content (AvgIpc) is 2.81. The van der Waals surface area contributed by atoms with E-state index >= 15 is 0 Å². The molecule has 0 unspecified atom stereocenters. The lowest BCUT2D eigenvalue weighted by Gasteiger charge is -2.18. The lowest BCUT2D eigenvalue weighted by atomic mass is 10.0. The summed E-state index contributed by atoms with van der Waals surface area (Å²) >= 11 is 0. The Morgan fingerprint density at radius 3 is 1.63 bits per heavy atom. The first-order chi connectivity index (χ1) is 14.8. The number of hydrogen-bond acceptors (Lipinski definition) is 4. The molecule has 0 radical (unpaired) electrons. The maximum absolute atomic E-state index is 13.3. The third-order valence-corrected chi connectivity index (χ3v) is 4.50. The van der Waals surface area contributed by atoms with Crippen molar-refractivity contribution in [2.24, 2.45) is 0 Å². The molecule has 0 saturated carbocycles. The van der Waals surface area contributed by atoms with Crippen LogP contribution in [0.1, 0.15) is 15.9 Å². The smallest absolute Gasteiger partial charge is 0.212 e. The van der Waals surface area contributed by atoms with E-state index in [0.717, 1.165) is 0 Å². The minimum absolute atomic E-state index is 0.165. The third kappa shape index (κ3) is 4.18. The topological polar surface area (TPSA) is 44.8 Å². The van der Waals surface area contributed by atoms with Crippen molar-refractivity contribution in [1.82, 2.24) is 0 Å². The lowest BCUT2D eigenvalue weighted by molar-refractivity contribution is 0.103. The first-order valence-electron chi connectivity index (χ1n) is 9.53. The van der Waals surface area contributed by atoms with Crippen LogP contribution in [0.5, 0.6) is 28.7 Å². The quantitative estimate of drug-likeness (QED) is 0.334. The molecule has 4 nitrogen and oxygen atoms in total. The summed E-state index contributed by atoms with van der Waals surface area (Å²) in [5.74, 6) is 2.15. The van der Waals surface area contributed by atoms with E-state index in [1.165, 1.54) is 0 Å². The van der Waals surface area contributed by atoms with Crippen molar-refractivity contribution >= 4 is 5.78 Å². The summed E-state index contributed by atoms with van der Waals surface area (Å²) in [7, 11) is 1.55. The number of para-hydroxylation sites is 2. The number of carbonyl (C=O) groups excluding carboxylic acids is 1. The minimum Gasteiger partial charge on any atom is -0.493 e. The molecule has 0 saturated heterocycles. The summed E-state index contributed by atoms with van der Waals surface area (Å²) in [5.41, 5.74) is 0.947. The highest BCUT2D eigenvalue weighted by atomic mass is 16.5. The maximum atomic E-state index is 13.3. The van der Waals surface area contributed by atoms with Crippen LogP contribution in [0.2, 0.25) is 0 Å². The molecule has 0 aliphatic rings. The summed E-state index contributed by atoms with van der Waals surface area (Å²) in [6, 6.07) is 31.1. The largest absolute Gasteiger partial charge is 0.493 e. The molecule has 4 aromatic carbocycles. The predicted molar refractivity (Wildman–Crippen MR) is 116 cm³/mol. The molecule has 0 aliphatic heterocycles. The van der Waals surface area contributed by atoms with Gasteiger partial charge in [0.2, 0.25) is 5.75 Å². The van der Waals surface area contributed by atoms with Crippen LogP contribution in [0.3, 0.4) is 0 Å². The number of carbonyl (C=O) groups is 1. The third-order valence-electron chi connectivity index (χ3n) is 4.50. The van der Waals surface area contributed by atoms with Gasteiger partial charge in [0.05, 0.1) is 12.7 Å². The van der Waals surface area contributed by atoms with Crippen LogP contribution < -0.4 is 14.2 Å². The van der Waals surface area contributed by atoms with E-state index in [1.807, 2.05) is 78.9 Å². The van der Waals surface area contributed by atoms with E-state index in [1.54, 1.807) is 31.4 Å². The van der Waals surface area contributed by atoms with Gasteiger partial charge in [-0.25, -0.2) is 0 Å². The summed E-state index contributed by atoms with van der Waals surface area (Å²) in [4.78, 5) is 13.3. The Bertz CT molecular complexity index is 1120. The highest BCUT2D eigenvalue weighted by Gasteiger charge is 2.24. The van der Waals surface area contributed by atoms with Crippen molar-refractivity contribution in [1.29, 1.82) is 0 Å². The van der Waals surface area contributed by atoms with Gasteiger partial charge in [0.15, 0.2) is 17.3 Å². The number of ketones is 1. The Hall–Kier alpha value is -4.05. The van der Waals surface area contributed by atoms with E-state index in [9.17, 15) is 4.79 Å². The Morgan fingerprint density at radius 1 is 0.600 bits per heavy atom. The van der Waals surface area contributed by atoms with Gasteiger partial charge in [-0.05, 0) is 36.4 Å². The van der Waals surface area contributed by atoms with Crippen molar-refractivity contribution in [3.05, 3.63) is 114 Å². The fourth-order valence-corrected chi connectivity index (χ4v) is 3.04. The van der Waals surface area contributed by atoms with Crippen LogP contribution in [0.4, 0.5) is 0 Å². The van der Waals surface area contributed by atoms with Crippen LogP contribution in [-0.4, -0.2) is 12.9 Å². The number of benzene rings is 4. The molecule has 0 amide bonds. The highest BCUT2D eigenvalue weighted by molar-refractivity contribution is 6.11. The van der Waals surface area contributed by atoms with Gasteiger partial charge < -0.3 is 14.2 Å². The van der Waals surface area contributed by atoms with Gasteiger partial charge in [-0.15, -0.1) is 0 Å². The van der Waals surface area contributed by atoms with Crippen molar-refractivity contribution in [3.63, 3.8) is 0 Å². The number of rotatable bonds is 7. The fourth-order valence-electron chi connectivity index (χ4n) is 3.04. The molecule has 4 aromatic rings. The second-order valence-electron chi connectivity index (χ2n) is 6.50. The zero-order valence-corrected chi connectivity index (χ0v) is 16.4. The van der Waals surface area contributed by atoms with E-state index < -0.39 is 0 Å². The average molecular weight is 396 g/mol. The molecule has 148 valence electrons. The first kappa shape index (κ1) is 19.3. The first-order valence-corrected chi connectivity index (χ1v) is 9.53. The zero-order chi connectivity index (χ0) is 20.8. The van der Waals surface area contributed by atoms with E-state index in [4.69, 9.17) is 14.2 Å². The van der Waals surface area contributed by atoms with E-state index in [-0.39, 0.29) is 5.78 Å². The molecule has 0 fully saturated rings. The molecule has 0 N–H and O–H groups in total. The van der Waals surface area contributed by atoms with E-state index in [0.29, 0.717) is 39.9 Å². The monoisotopic (exact) mass is 396 g/mol. The summed E-state index contributed by atoms with van der Waals surface area (Å²) in [5, 5.41) is 0. The van der Waals surface area contributed by atoms with Crippen LogP contribution in [0.25, 0.3) is 0 Å². The van der Waals surface area contributed by atoms with Crippen molar-refractivity contribution in [2.75, 3.05) is 7.11 Å². The molecule has 0 aromatic heterocycles. The minimum atomic E-state index is -0.165. The van der Waals surface area contributed by atoms with Crippen molar-refractivity contribution in [2.45, 2.75) is 0 Å². The fraction of sp³-hybridized carbons (Fsp3) is 0.0385. The van der Waals surface area contributed by atoms with Gasteiger partial charge in [0, 0.05) is 5.56 Å². The zero-order valence-electron chi connectivity index (χ0n) is 16.4. The summed E-state index contributed by atoms with van der Waals surface area (Å²) in [6.07, 6.45) is 0. The van der Waals surface area contributed by atoms with Crippen molar-refractivity contribution in [3.8, 4) is 28.7 Å². The van der Waals surface area contributed by atoms with Crippen LogP contribution in [-0.2, 0) is 0 Å². The Kier molecular flexibility index (Phi) is 5.76. The van der Waals surface area contributed by atoms with Gasteiger partial charge in [0.25, 0.3) is 0 Å². The van der Waals surface area contributed by atoms with Gasteiger partial charge in [-0.1, -0.05) is 66.7 Å². The number of ether oxygens (including phenoxy) is 3. The van der Waals surface area contributed by atoms with Crippen LogP contribution >= 0.6 is 0 Å². The van der Waals surface area contributed by atoms with Crippen molar-refractivity contribution < 1.29 is 19.0 Å². The molecule has 0 spiro atoms. The standard InChI is InChI=1S/C26H20O4/c1-28-23-18-17-22(24(27)19-11-5-2-6-12-19)25(29-20-13-7-3-8-14-20)26(23)30-21-15-9-4-10-16-21/h2-18H,1H3. The molecule has 0 bridgehead atoms. The predicted octanol–water partition coefficient (Wildman–Crippen LogP) is 6.51. The van der Waals surface area contributed by atoms with Crippen LogP contribution in [0, 0.1) is 0 Å². The molecule has 4 rings (SSSR count). The van der Waals surface area contributed by atoms with Gasteiger partial charge >= 0.3 is 0 Å². The lowest BCUT2D eigenvalue weighted by Crippen LogP contribution is -2.06. The van der Waals surface area contributed by atoms with Gasteiger partial charge in [0.1, 0.15) is 11.5 Å². The van der Waals surface area contributed by atoms with Gasteiger partial charge in [-0.2, -0.15) is 0 Å². The van der Waals surface area contributed by atoms with Crippen LogP contribution in [0.15, 0.2) is 103 Å². The molecule has 30 heavy (non-hydrogen) atoms. The summed E-state index contributed by atoms with van der Waals surface area (Å²) < 4.78 is 17.8. The maximum Gasteiger partial charge on any atom is 0.212 e. The Labute approximate surface area is 175 Å². The van der Waals surface area contributed by atoms with E-state index in [2.05, 4.69) is 0 Å². The molecule has 4 heteroatoms. The number of hydrogen-bond donors (Lipinski definition) is 0. The number of methoxy groups -OCH3 is 1. The molecule has 0 aliphatic carbocycles. The molecular weight excluding hydrogens is 376 g/mol. The second kappa shape index (κ2) is 8.97.